The zero-order valence-electron chi connectivity index (χ0n) is 15.6. The topological polar surface area (TPSA) is 57.2 Å². The van der Waals surface area contributed by atoms with E-state index in [1.807, 2.05) is 6.07 Å². The average Bonchev–Trinajstić information content (AvgIpc) is 2.76. The van der Waals surface area contributed by atoms with Crippen LogP contribution in [0.4, 0.5) is 21.8 Å². The van der Waals surface area contributed by atoms with Gasteiger partial charge in [0.15, 0.2) is 5.82 Å². The number of halogens is 1. The van der Waals surface area contributed by atoms with Crippen molar-refractivity contribution < 1.29 is 4.39 Å². The molecule has 0 unspecified atom stereocenters. The number of rotatable bonds is 6. The van der Waals surface area contributed by atoms with Gasteiger partial charge in [0, 0.05) is 38.4 Å². The zero-order chi connectivity index (χ0) is 19.2. The summed E-state index contributed by atoms with van der Waals surface area (Å²) in [5.41, 5.74) is 2.32. The summed E-state index contributed by atoms with van der Waals surface area (Å²) in [6.45, 7) is 4.34. The van der Waals surface area contributed by atoms with Gasteiger partial charge in [-0.15, -0.1) is 5.10 Å². The molecule has 0 amide bonds. The van der Waals surface area contributed by atoms with Crippen molar-refractivity contribution in [2.75, 3.05) is 47.8 Å². The normalized spacial score (nSPS) is 14.2. The van der Waals surface area contributed by atoms with Gasteiger partial charge in [0.2, 0.25) is 5.95 Å². The minimum Gasteiger partial charge on any atom is -0.368 e. The van der Waals surface area contributed by atoms with Crippen molar-refractivity contribution in [2.45, 2.75) is 6.42 Å². The molecule has 0 spiro atoms. The maximum Gasteiger partial charge on any atom is 0.244 e. The first kappa shape index (κ1) is 18.2. The molecular formula is C21H23FN6. The number of piperazine rings is 1. The summed E-state index contributed by atoms with van der Waals surface area (Å²) in [4.78, 5) is 9.22. The zero-order valence-corrected chi connectivity index (χ0v) is 15.6. The summed E-state index contributed by atoms with van der Waals surface area (Å²) in [5.74, 6) is 1.14. The fourth-order valence-corrected chi connectivity index (χ4v) is 3.32. The predicted octanol–water partition coefficient (Wildman–Crippen LogP) is 2.99. The Bertz CT molecular complexity index is 879. The molecule has 1 saturated heterocycles. The Kier molecular flexibility index (Phi) is 5.61. The highest BCUT2D eigenvalue weighted by atomic mass is 19.1. The van der Waals surface area contributed by atoms with E-state index in [0.29, 0.717) is 12.5 Å². The summed E-state index contributed by atoms with van der Waals surface area (Å²) in [6, 6.07) is 17.0. The van der Waals surface area contributed by atoms with Gasteiger partial charge in [-0.3, -0.25) is 0 Å². The molecule has 0 atom stereocenters. The molecule has 3 aromatic rings. The number of nitrogens with one attached hydrogen (secondary N) is 1. The highest BCUT2D eigenvalue weighted by Crippen LogP contribution is 2.19. The molecule has 2 heterocycles. The van der Waals surface area contributed by atoms with Crippen LogP contribution >= 0.6 is 0 Å². The van der Waals surface area contributed by atoms with Gasteiger partial charge in [0.05, 0.1) is 6.20 Å². The fraction of sp³-hybridized carbons (Fsp3) is 0.286. The molecule has 0 radical (unpaired) electrons. The van der Waals surface area contributed by atoms with Crippen molar-refractivity contribution in [1.29, 1.82) is 0 Å². The summed E-state index contributed by atoms with van der Waals surface area (Å²) >= 11 is 0. The van der Waals surface area contributed by atoms with Gasteiger partial charge in [-0.05, 0) is 36.2 Å². The first-order valence-corrected chi connectivity index (χ1v) is 9.51. The van der Waals surface area contributed by atoms with Crippen LogP contribution in [0.1, 0.15) is 5.56 Å². The molecule has 0 aliphatic carbocycles. The summed E-state index contributed by atoms with van der Waals surface area (Å²) < 4.78 is 13.0. The third-order valence-corrected chi connectivity index (χ3v) is 4.88. The fourth-order valence-electron chi connectivity index (χ4n) is 3.32. The van der Waals surface area contributed by atoms with E-state index >= 15 is 0 Å². The number of hydrogen-bond acceptors (Lipinski definition) is 6. The third kappa shape index (κ3) is 4.54. The Hall–Kier alpha value is -3.22. The quantitative estimate of drug-likeness (QED) is 0.712. The third-order valence-electron chi connectivity index (χ3n) is 4.88. The van der Waals surface area contributed by atoms with Crippen LogP contribution in [-0.4, -0.2) is 47.9 Å². The standard InChI is InChI=1S/C21H23FN6/c22-18-8-6-17(7-9-18)10-11-23-21-25-20(16-24-26-21)28-14-12-27(13-15-28)19-4-2-1-3-5-19/h1-9,16H,10-15H2,(H,23,25,26). The van der Waals surface area contributed by atoms with E-state index < -0.39 is 0 Å². The number of aromatic nitrogens is 3. The lowest BCUT2D eigenvalue weighted by molar-refractivity contribution is 0.627. The Balaban J connectivity index is 1.31. The van der Waals surface area contributed by atoms with Crippen LogP contribution in [0, 0.1) is 5.82 Å². The second-order valence-corrected chi connectivity index (χ2v) is 6.75. The lowest BCUT2D eigenvalue weighted by Crippen LogP contribution is -2.46. The van der Waals surface area contributed by atoms with Crippen molar-refractivity contribution in [1.82, 2.24) is 15.2 Å². The first-order valence-electron chi connectivity index (χ1n) is 9.51. The SMILES string of the molecule is Fc1ccc(CCNc2nncc(N3CCN(c4ccccc4)CC3)n2)cc1. The monoisotopic (exact) mass is 378 g/mol. The molecule has 6 nitrogen and oxygen atoms in total. The van der Waals surface area contributed by atoms with Crippen LogP contribution in [0.3, 0.4) is 0 Å². The lowest BCUT2D eigenvalue weighted by Gasteiger charge is -2.36. The maximum atomic E-state index is 13.0. The van der Waals surface area contributed by atoms with Gasteiger partial charge in [0.25, 0.3) is 0 Å². The van der Waals surface area contributed by atoms with Gasteiger partial charge in [-0.25, -0.2) is 4.39 Å². The largest absolute Gasteiger partial charge is 0.368 e. The van der Waals surface area contributed by atoms with E-state index in [4.69, 9.17) is 0 Å². The van der Waals surface area contributed by atoms with Gasteiger partial charge < -0.3 is 15.1 Å². The molecule has 7 heteroatoms. The Morgan fingerprint density at radius 2 is 1.61 bits per heavy atom. The van der Waals surface area contributed by atoms with Gasteiger partial charge in [-0.2, -0.15) is 10.1 Å². The number of nitrogens with zero attached hydrogens (tertiary/aromatic N) is 5. The highest BCUT2D eigenvalue weighted by Gasteiger charge is 2.19. The summed E-state index contributed by atoms with van der Waals surface area (Å²) in [5, 5.41) is 11.4. The molecule has 4 rings (SSSR count). The van der Waals surface area contributed by atoms with E-state index in [-0.39, 0.29) is 5.82 Å². The molecule has 1 aliphatic heterocycles. The Morgan fingerprint density at radius 1 is 0.893 bits per heavy atom. The van der Waals surface area contributed by atoms with E-state index in [1.165, 1.54) is 17.8 Å². The summed E-state index contributed by atoms with van der Waals surface area (Å²) in [7, 11) is 0. The van der Waals surface area contributed by atoms with Crippen LogP contribution in [-0.2, 0) is 6.42 Å². The van der Waals surface area contributed by atoms with Crippen LogP contribution in [0.25, 0.3) is 0 Å². The van der Waals surface area contributed by atoms with Crippen molar-refractivity contribution in [3.8, 4) is 0 Å². The Labute approximate surface area is 164 Å². The number of para-hydroxylation sites is 1. The predicted molar refractivity (Wildman–Crippen MR) is 109 cm³/mol. The molecule has 144 valence electrons. The second kappa shape index (κ2) is 8.65. The van der Waals surface area contributed by atoms with Gasteiger partial charge >= 0.3 is 0 Å². The molecule has 0 bridgehead atoms. The Morgan fingerprint density at radius 3 is 2.36 bits per heavy atom. The summed E-state index contributed by atoms with van der Waals surface area (Å²) in [6.07, 6.45) is 2.48. The lowest BCUT2D eigenvalue weighted by atomic mass is 10.1. The van der Waals surface area contributed by atoms with Crippen LogP contribution < -0.4 is 15.1 Å². The number of benzene rings is 2. The van der Waals surface area contributed by atoms with Crippen LogP contribution in [0.15, 0.2) is 60.8 Å². The smallest absolute Gasteiger partial charge is 0.244 e. The molecule has 1 aliphatic rings. The van der Waals surface area contributed by atoms with Gasteiger partial charge in [-0.1, -0.05) is 30.3 Å². The minimum absolute atomic E-state index is 0.218. The van der Waals surface area contributed by atoms with E-state index in [1.54, 1.807) is 18.3 Å². The molecule has 1 N–H and O–H groups in total. The average molecular weight is 378 g/mol. The van der Waals surface area contributed by atoms with Crippen molar-refractivity contribution in [3.63, 3.8) is 0 Å². The van der Waals surface area contributed by atoms with E-state index in [2.05, 4.69) is 54.6 Å². The first-order chi connectivity index (χ1) is 13.8. The number of anilines is 3. The molecule has 28 heavy (non-hydrogen) atoms. The molecular weight excluding hydrogens is 355 g/mol. The van der Waals surface area contributed by atoms with Gasteiger partial charge in [0.1, 0.15) is 5.82 Å². The van der Waals surface area contributed by atoms with E-state index in [0.717, 1.165) is 44.0 Å². The second-order valence-electron chi connectivity index (χ2n) is 6.75. The van der Waals surface area contributed by atoms with E-state index in [9.17, 15) is 4.39 Å². The molecule has 2 aromatic carbocycles. The van der Waals surface area contributed by atoms with Crippen molar-refractivity contribution in [2.24, 2.45) is 0 Å². The number of hydrogen-bond donors (Lipinski definition) is 1. The highest BCUT2D eigenvalue weighted by molar-refractivity contribution is 5.49. The van der Waals surface area contributed by atoms with Crippen LogP contribution in [0.2, 0.25) is 0 Å². The molecule has 1 aromatic heterocycles. The van der Waals surface area contributed by atoms with Crippen molar-refractivity contribution in [3.05, 3.63) is 72.2 Å². The van der Waals surface area contributed by atoms with Crippen molar-refractivity contribution >= 4 is 17.5 Å². The maximum absolute atomic E-state index is 13.0. The van der Waals surface area contributed by atoms with Crippen LogP contribution in [0.5, 0.6) is 0 Å². The minimum atomic E-state index is -0.218. The molecule has 1 fully saturated rings. The molecule has 0 saturated carbocycles.